The summed E-state index contributed by atoms with van der Waals surface area (Å²) in [5.74, 6) is -1.05. The van der Waals surface area contributed by atoms with Gasteiger partial charge < -0.3 is 15.4 Å². The molecule has 0 saturated carbocycles. The van der Waals surface area contributed by atoms with E-state index in [-0.39, 0.29) is 30.3 Å². The molecule has 0 aromatic heterocycles. The van der Waals surface area contributed by atoms with Crippen molar-refractivity contribution in [2.24, 2.45) is 11.8 Å². The lowest BCUT2D eigenvalue weighted by molar-refractivity contribution is -0.150. The van der Waals surface area contributed by atoms with Crippen LogP contribution in [0.2, 0.25) is 0 Å². The number of hydrogen-bond donors (Lipinski definition) is 2. The highest BCUT2D eigenvalue weighted by molar-refractivity contribution is 5.90. The maximum atomic E-state index is 12.6. The van der Waals surface area contributed by atoms with Crippen molar-refractivity contribution in [1.29, 1.82) is 0 Å². The fourth-order valence-electron chi connectivity index (χ4n) is 2.52. The van der Waals surface area contributed by atoms with Crippen LogP contribution in [0.25, 0.3) is 0 Å². The normalized spacial score (nSPS) is 13.2. The zero-order valence-electron chi connectivity index (χ0n) is 16.2. The third-order valence-corrected chi connectivity index (χ3v) is 3.84. The Kier molecular flexibility index (Phi) is 8.82. The summed E-state index contributed by atoms with van der Waals surface area (Å²) in [4.78, 5) is 36.4. The molecule has 0 heterocycles. The lowest BCUT2D eigenvalue weighted by Crippen LogP contribution is -2.53. The Morgan fingerprint density at radius 2 is 1.62 bits per heavy atom. The van der Waals surface area contributed by atoms with E-state index in [4.69, 9.17) is 4.74 Å². The zero-order chi connectivity index (χ0) is 19.7. The molecule has 2 N–H and O–H groups in total. The molecule has 0 spiro atoms. The highest BCUT2D eigenvalue weighted by atomic mass is 16.5. The second-order valence-electron chi connectivity index (χ2n) is 7.21. The molecule has 26 heavy (non-hydrogen) atoms. The molecule has 1 aromatic rings. The van der Waals surface area contributed by atoms with Crippen molar-refractivity contribution in [3.8, 4) is 0 Å². The Morgan fingerprint density at radius 3 is 2.12 bits per heavy atom. The highest BCUT2D eigenvalue weighted by Gasteiger charge is 2.29. The second kappa shape index (κ2) is 10.6. The number of amides is 2. The van der Waals surface area contributed by atoms with Gasteiger partial charge in [0.15, 0.2) is 0 Å². The summed E-state index contributed by atoms with van der Waals surface area (Å²) in [7, 11) is 0. The topological polar surface area (TPSA) is 84.5 Å². The van der Waals surface area contributed by atoms with E-state index in [0.717, 1.165) is 5.56 Å². The van der Waals surface area contributed by atoms with Crippen LogP contribution in [0, 0.1) is 11.8 Å². The summed E-state index contributed by atoms with van der Waals surface area (Å²) >= 11 is 0. The molecule has 6 nitrogen and oxygen atoms in total. The van der Waals surface area contributed by atoms with Crippen LogP contribution in [0.3, 0.4) is 0 Å². The molecule has 2 amide bonds. The Morgan fingerprint density at radius 1 is 1.00 bits per heavy atom. The van der Waals surface area contributed by atoms with Gasteiger partial charge in [-0.2, -0.15) is 0 Å². The van der Waals surface area contributed by atoms with Crippen LogP contribution in [0.5, 0.6) is 0 Å². The number of nitrogens with one attached hydrogen (secondary N) is 2. The van der Waals surface area contributed by atoms with Crippen LogP contribution < -0.4 is 10.6 Å². The molecular weight excluding hydrogens is 332 g/mol. The van der Waals surface area contributed by atoms with Crippen molar-refractivity contribution in [2.45, 2.75) is 59.7 Å². The van der Waals surface area contributed by atoms with Gasteiger partial charge in [0.25, 0.3) is 0 Å². The first kappa shape index (κ1) is 21.7. The van der Waals surface area contributed by atoms with Crippen molar-refractivity contribution in [1.82, 2.24) is 10.6 Å². The first-order valence-corrected chi connectivity index (χ1v) is 8.98. The minimum Gasteiger partial charge on any atom is -0.459 e. The molecule has 0 aliphatic heterocycles. The lowest BCUT2D eigenvalue weighted by atomic mass is 10.0. The van der Waals surface area contributed by atoms with Crippen molar-refractivity contribution in [3.63, 3.8) is 0 Å². The van der Waals surface area contributed by atoms with Crippen molar-refractivity contribution in [3.05, 3.63) is 35.9 Å². The van der Waals surface area contributed by atoms with Gasteiger partial charge in [0, 0.05) is 6.92 Å². The molecule has 0 fully saturated rings. The van der Waals surface area contributed by atoms with E-state index in [9.17, 15) is 14.4 Å². The van der Waals surface area contributed by atoms with Gasteiger partial charge in [0.1, 0.15) is 18.7 Å². The number of carbonyl (C=O) groups is 3. The molecule has 2 atom stereocenters. The Balaban J connectivity index is 2.73. The lowest BCUT2D eigenvalue weighted by Gasteiger charge is -2.25. The van der Waals surface area contributed by atoms with E-state index in [2.05, 4.69) is 10.6 Å². The minimum absolute atomic E-state index is 0.140. The fourth-order valence-corrected chi connectivity index (χ4v) is 2.52. The summed E-state index contributed by atoms with van der Waals surface area (Å²) in [6.45, 7) is 9.13. The van der Waals surface area contributed by atoms with E-state index in [1.54, 1.807) is 0 Å². The largest absolute Gasteiger partial charge is 0.459 e. The van der Waals surface area contributed by atoms with Gasteiger partial charge >= 0.3 is 5.97 Å². The first-order chi connectivity index (χ1) is 12.2. The number of benzene rings is 1. The van der Waals surface area contributed by atoms with E-state index in [1.165, 1.54) is 6.92 Å². The summed E-state index contributed by atoms with van der Waals surface area (Å²) < 4.78 is 5.35. The van der Waals surface area contributed by atoms with Crippen molar-refractivity contribution < 1.29 is 19.1 Å². The Hall–Kier alpha value is -2.37. The van der Waals surface area contributed by atoms with Crippen LogP contribution in [0.15, 0.2) is 30.3 Å². The fraction of sp³-hybridized carbons (Fsp3) is 0.550. The smallest absolute Gasteiger partial charge is 0.329 e. The first-order valence-electron chi connectivity index (χ1n) is 8.98. The maximum absolute atomic E-state index is 12.6. The van der Waals surface area contributed by atoms with Gasteiger partial charge in [0.2, 0.25) is 11.8 Å². The molecule has 0 bridgehead atoms. The molecule has 1 rings (SSSR count). The summed E-state index contributed by atoms with van der Waals surface area (Å²) in [5, 5.41) is 5.38. The zero-order valence-corrected chi connectivity index (χ0v) is 16.2. The van der Waals surface area contributed by atoms with Gasteiger partial charge in [-0.25, -0.2) is 4.79 Å². The SMILES string of the molecule is CC(=O)NC(CC(C)C)C(=O)NC(C(=O)OCc1ccccc1)C(C)C. The highest BCUT2D eigenvalue weighted by Crippen LogP contribution is 2.10. The van der Waals surface area contributed by atoms with E-state index in [1.807, 2.05) is 58.0 Å². The van der Waals surface area contributed by atoms with Gasteiger partial charge in [-0.1, -0.05) is 58.0 Å². The van der Waals surface area contributed by atoms with Crippen LogP contribution in [0.4, 0.5) is 0 Å². The molecule has 6 heteroatoms. The van der Waals surface area contributed by atoms with Gasteiger partial charge in [0.05, 0.1) is 0 Å². The third-order valence-electron chi connectivity index (χ3n) is 3.84. The second-order valence-corrected chi connectivity index (χ2v) is 7.21. The maximum Gasteiger partial charge on any atom is 0.329 e. The number of ether oxygens (including phenoxy) is 1. The predicted octanol–water partition coefficient (Wildman–Crippen LogP) is 2.42. The van der Waals surface area contributed by atoms with Crippen molar-refractivity contribution >= 4 is 17.8 Å². The number of carbonyl (C=O) groups excluding carboxylic acids is 3. The molecule has 0 saturated heterocycles. The summed E-state index contributed by atoms with van der Waals surface area (Å²) in [5.41, 5.74) is 0.880. The molecule has 144 valence electrons. The number of esters is 1. The van der Waals surface area contributed by atoms with Crippen molar-refractivity contribution in [2.75, 3.05) is 0 Å². The molecule has 0 aliphatic carbocycles. The van der Waals surface area contributed by atoms with Gasteiger partial charge in [-0.15, -0.1) is 0 Å². The monoisotopic (exact) mass is 362 g/mol. The van der Waals surface area contributed by atoms with Crippen LogP contribution >= 0.6 is 0 Å². The van der Waals surface area contributed by atoms with Gasteiger partial charge in [-0.05, 0) is 23.8 Å². The molecule has 1 aromatic carbocycles. The van der Waals surface area contributed by atoms with Gasteiger partial charge in [-0.3, -0.25) is 9.59 Å². The Bertz CT molecular complexity index is 599. The standard InChI is InChI=1S/C20H30N2O4/c1-13(2)11-17(21-15(5)23)19(24)22-18(14(3)4)20(25)26-12-16-9-7-6-8-10-16/h6-10,13-14,17-18H,11-12H2,1-5H3,(H,21,23)(H,22,24). The number of hydrogen-bond acceptors (Lipinski definition) is 4. The summed E-state index contributed by atoms with van der Waals surface area (Å²) in [6, 6.07) is 7.92. The predicted molar refractivity (Wildman–Crippen MR) is 100 cm³/mol. The minimum atomic E-state index is -0.769. The molecular formula is C20H30N2O4. The summed E-state index contributed by atoms with van der Waals surface area (Å²) in [6.07, 6.45) is 0.495. The molecule has 0 aliphatic rings. The Labute approximate surface area is 155 Å². The average molecular weight is 362 g/mol. The van der Waals surface area contributed by atoms with E-state index < -0.39 is 18.1 Å². The number of rotatable bonds is 9. The quantitative estimate of drug-likeness (QED) is 0.661. The third kappa shape index (κ3) is 7.68. The average Bonchev–Trinajstić information content (AvgIpc) is 2.56. The van der Waals surface area contributed by atoms with E-state index >= 15 is 0 Å². The molecule has 2 unspecified atom stereocenters. The molecule has 0 radical (unpaired) electrons. The van der Waals surface area contributed by atoms with E-state index in [0.29, 0.717) is 6.42 Å². The van der Waals surface area contributed by atoms with Crippen LogP contribution in [-0.4, -0.2) is 29.9 Å². The van der Waals surface area contributed by atoms with Crippen LogP contribution in [0.1, 0.15) is 46.6 Å². The van der Waals surface area contributed by atoms with Crippen LogP contribution in [-0.2, 0) is 25.7 Å².